The van der Waals surface area contributed by atoms with Gasteiger partial charge >= 0.3 is 0 Å². The number of aryl methyl sites for hydroxylation is 1. The lowest BCUT2D eigenvalue weighted by molar-refractivity contribution is -0.128. The number of anilines is 1. The predicted molar refractivity (Wildman–Crippen MR) is 78.1 cm³/mol. The molecule has 0 heterocycles. The van der Waals surface area contributed by atoms with Crippen molar-refractivity contribution in [2.75, 3.05) is 18.0 Å². The smallest absolute Gasteiger partial charge is 0.238 e. The van der Waals surface area contributed by atoms with Gasteiger partial charge in [-0.05, 0) is 44.4 Å². The van der Waals surface area contributed by atoms with E-state index in [0.29, 0.717) is 6.54 Å². The van der Waals surface area contributed by atoms with E-state index in [1.54, 1.807) is 17.0 Å². The Bertz CT molecular complexity index is 621. The standard InChI is InChI=1S/C14H20N2O3S/c1-3-16(11-5-6-11)14(17)9-20(18,19)13-7-4-10(2)8-12(13)15/h4,7-8,11H,3,5-6,9,15H2,1-2H3. The zero-order valence-electron chi connectivity index (χ0n) is 11.8. The number of nitrogens with zero attached hydrogens (tertiary/aromatic N) is 1. The first kappa shape index (κ1) is 14.8. The topological polar surface area (TPSA) is 80.5 Å². The van der Waals surface area contributed by atoms with Crippen LogP contribution >= 0.6 is 0 Å². The van der Waals surface area contributed by atoms with Gasteiger partial charge in [0.2, 0.25) is 5.91 Å². The molecule has 0 bridgehead atoms. The third kappa shape index (κ3) is 3.12. The van der Waals surface area contributed by atoms with Gasteiger partial charge in [-0.1, -0.05) is 6.07 Å². The Morgan fingerprint density at radius 2 is 2.05 bits per heavy atom. The van der Waals surface area contributed by atoms with Crippen LogP contribution in [0.5, 0.6) is 0 Å². The van der Waals surface area contributed by atoms with Gasteiger partial charge < -0.3 is 10.6 Å². The number of benzene rings is 1. The predicted octanol–water partition coefficient (Wildman–Crippen LogP) is 1.36. The molecular formula is C14H20N2O3S. The fraction of sp³-hybridized carbons (Fsp3) is 0.500. The summed E-state index contributed by atoms with van der Waals surface area (Å²) in [6.45, 7) is 4.25. The van der Waals surface area contributed by atoms with Crippen molar-refractivity contribution in [2.45, 2.75) is 37.6 Å². The van der Waals surface area contributed by atoms with E-state index in [1.165, 1.54) is 6.07 Å². The van der Waals surface area contributed by atoms with Crippen molar-refractivity contribution < 1.29 is 13.2 Å². The maximum atomic E-state index is 12.3. The van der Waals surface area contributed by atoms with E-state index in [1.807, 2.05) is 13.8 Å². The van der Waals surface area contributed by atoms with E-state index < -0.39 is 15.6 Å². The first-order valence-corrected chi connectivity index (χ1v) is 8.38. The molecule has 1 aromatic rings. The van der Waals surface area contributed by atoms with Crippen molar-refractivity contribution >= 4 is 21.4 Å². The molecule has 0 saturated heterocycles. The molecule has 2 N–H and O–H groups in total. The molecule has 1 amide bonds. The summed E-state index contributed by atoms with van der Waals surface area (Å²) < 4.78 is 24.6. The van der Waals surface area contributed by atoms with Crippen LogP contribution in [0.15, 0.2) is 23.1 Å². The van der Waals surface area contributed by atoms with Crippen molar-refractivity contribution in [3.63, 3.8) is 0 Å². The van der Waals surface area contributed by atoms with Crippen molar-refractivity contribution in [3.05, 3.63) is 23.8 Å². The van der Waals surface area contributed by atoms with E-state index in [-0.39, 0.29) is 22.5 Å². The fourth-order valence-electron chi connectivity index (χ4n) is 2.30. The van der Waals surface area contributed by atoms with E-state index in [0.717, 1.165) is 18.4 Å². The van der Waals surface area contributed by atoms with Gasteiger partial charge in [-0.25, -0.2) is 8.42 Å². The molecule has 1 saturated carbocycles. The molecule has 0 aliphatic heterocycles. The van der Waals surface area contributed by atoms with Crippen molar-refractivity contribution in [2.24, 2.45) is 0 Å². The fourth-order valence-corrected chi connectivity index (χ4v) is 3.64. The largest absolute Gasteiger partial charge is 0.398 e. The number of rotatable bonds is 5. The molecule has 0 radical (unpaired) electrons. The maximum Gasteiger partial charge on any atom is 0.238 e. The van der Waals surface area contributed by atoms with Gasteiger partial charge in [0.05, 0.1) is 10.6 Å². The molecule has 20 heavy (non-hydrogen) atoms. The normalized spacial score (nSPS) is 15.1. The molecule has 0 aromatic heterocycles. The minimum absolute atomic E-state index is 0.0447. The monoisotopic (exact) mass is 296 g/mol. The zero-order chi connectivity index (χ0) is 14.9. The summed E-state index contributed by atoms with van der Waals surface area (Å²) >= 11 is 0. The molecule has 1 fully saturated rings. The minimum Gasteiger partial charge on any atom is -0.398 e. The van der Waals surface area contributed by atoms with Crippen LogP contribution in [0.2, 0.25) is 0 Å². The summed E-state index contributed by atoms with van der Waals surface area (Å²) in [4.78, 5) is 13.8. The van der Waals surface area contributed by atoms with E-state index in [2.05, 4.69) is 0 Å². The molecule has 110 valence electrons. The van der Waals surface area contributed by atoms with E-state index in [4.69, 9.17) is 5.73 Å². The van der Waals surface area contributed by atoms with Crippen molar-refractivity contribution in [1.29, 1.82) is 0 Å². The molecule has 0 unspecified atom stereocenters. The number of carbonyl (C=O) groups is 1. The maximum absolute atomic E-state index is 12.3. The highest BCUT2D eigenvalue weighted by Gasteiger charge is 2.33. The number of nitrogens with two attached hydrogens (primary N) is 1. The highest BCUT2D eigenvalue weighted by Crippen LogP contribution is 2.27. The quantitative estimate of drug-likeness (QED) is 0.832. The Morgan fingerprint density at radius 3 is 2.55 bits per heavy atom. The third-order valence-electron chi connectivity index (χ3n) is 3.46. The van der Waals surface area contributed by atoms with Gasteiger partial charge in [0.25, 0.3) is 0 Å². The molecule has 1 aromatic carbocycles. The average molecular weight is 296 g/mol. The minimum atomic E-state index is -3.68. The highest BCUT2D eigenvalue weighted by atomic mass is 32.2. The summed E-state index contributed by atoms with van der Waals surface area (Å²) in [5, 5.41) is 0. The Balaban J connectivity index is 2.20. The van der Waals surface area contributed by atoms with Crippen LogP contribution in [0, 0.1) is 6.92 Å². The summed E-state index contributed by atoms with van der Waals surface area (Å²) in [5.41, 5.74) is 6.85. The average Bonchev–Trinajstić information content (AvgIpc) is 3.12. The lowest BCUT2D eigenvalue weighted by Gasteiger charge is -2.20. The highest BCUT2D eigenvalue weighted by molar-refractivity contribution is 7.92. The van der Waals surface area contributed by atoms with Gasteiger partial charge in [-0.2, -0.15) is 0 Å². The summed E-state index contributed by atoms with van der Waals surface area (Å²) in [5.74, 6) is -0.847. The second kappa shape index (κ2) is 5.44. The van der Waals surface area contributed by atoms with Gasteiger partial charge in [0.1, 0.15) is 5.75 Å². The molecule has 0 atom stereocenters. The van der Waals surface area contributed by atoms with Gasteiger partial charge in [-0.15, -0.1) is 0 Å². The van der Waals surface area contributed by atoms with Crippen LogP contribution in [-0.2, 0) is 14.6 Å². The zero-order valence-corrected chi connectivity index (χ0v) is 12.6. The second-order valence-corrected chi connectivity index (χ2v) is 7.17. The summed E-state index contributed by atoms with van der Waals surface area (Å²) in [7, 11) is -3.68. The molecule has 1 aliphatic rings. The molecule has 6 heteroatoms. The van der Waals surface area contributed by atoms with E-state index in [9.17, 15) is 13.2 Å². The summed E-state index contributed by atoms with van der Waals surface area (Å²) in [6.07, 6.45) is 1.93. The number of hydrogen-bond donors (Lipinski definition) is 1. The Kier molecular flexibility index (Phi) is 4.04. The number of carbonyl (C=O) groups excluding carboxylic acids is 1. The third-order valence-corrected chi connectivity index (χ3v) is 5.13. The number of amides is 1. The number of nitrogen functional groups attached to an aromatic ring is 1. The van der Waals surface area contributed by atoms with Crippen molar-refractivity contribution in [3.8, 4) is 0 Å². The molecule has 1 aliphatic carbocycles. The Labute approximate surface area is 119 Å². The summed E-state index contributed by atoms with van der Waals surface area (Å²) in [6, 6.07) is 4.99. The number of sulfone groups is 1. The van der Waals surface area contributed by atoms with Crippen LogP contribution in [0.4, 0.5) is 5.69 Å². The van der Waals surface area contributed by atoms with Gasteiger partial charge in [-0.3, -0.25) is 4.79 Å². The molecule has 5 nitrogen and oxygen atoms in total. The van der Waals surface area contributed by atoms with Crippen LogP contribution < -0.4 is 5.73 Å². The first-order chi connectivity index (χ1) is 9.35. The van der Waals surface area contributed by atoms with Gasteiger partial charge in [0, 0.05) is 12.6 Å². The lowest BCUT2D eigenvalue weighted by atomic mass is 10.2. The second-order valence-electron chi connectivity index (χ2n) is 5.21. The SMILES string of the molecule is CCN(C(=O)CS(=O)(=O)c1ccc(C)cc1N)C1CC1. The molecular weight excluding hydrogens is 276 g/mol. The Morgan fingerprint density at radius 1 is 1.40 bits per heavy atom. The van der Waals surface area contributed by atoms with Crippen LogP contribution in [-0.4, -0.2) is 37.6 Å². The van der Waals surface area contributed by atoms with E-state index >= 15 is 0 Å². The van der Waals surface area contributed by atoms with Crippen LogP contribution in [0.3, 0.4) is 0 Å². The Hall–Kier alpha value is -1.56. The number of hydrogen-bond acceptors (Lipinski definition) is 4. The first-order valence-electron chi connectivity index (χ1n) is 6.73. The van der Waals surface area contributed by atoms with Crippen molar-refractivity contribution in [1.82, 2.24) is 4.90 Å². The van der Waals surface area contributed by atoms with Gasteiger partial charge in [0.15, 0.2) is 9.84 Å². The molecule has 2 rings (SSSR count). The molecule has 0 spiro atoms. The lowest BCUT2D eigenvalue weighted by Crippen LogP contribution is -2.37. The van der Waals surface area contributed by atoms with Crippen LogP contribution in [0.1, 0.15) is 25.3 Å². The van der Waals surface area contributed by atoms with Crippen LogP contribution in [0.25, 0.3) is 0 Å².